The Morgan fingerprint density at radius 2 is 1.12 bits per heavy atom. The average molecular weight is 421 g/mol. The summed E-state index contributed by atoms with van der Waals surface area (Å²) >= 11 is 5.06. The van der Waals surface area contributed by atoms with Gasteiger partial charge >= 0.3 is 0 Å². The zero-order valence-corrected chi connectivity index (χ0v) is 16.4. The van der Waals surface area contributed by atoms with Crippen LogP contribution in [0.4, 0.5) is 5.13 Å². The van der Waals surface area contributed by atoms with Gasteiger partial charge in [-0.15, -0.1) is 11.3 Å². The number of hydrogen-bond acceptors (Lipinski definition) is 3. The smallest absolute Gasteiger partial charge is 0.184 e. The third kappa shape index (κ3) is 3.18. The van der Waals surface area contributed by atoms with Gasteiger partial charge in [0, 0.05) is 5.38 Å². The number of nitrogens with one attached hydrogen (secondary N) is 1. The van der Waals surface area contributed by atoms with Crippen LogP contribution in [0.3, 0.4) is 0 Å². The van der Waals surface area contributed by atoms with Gasteiger partial charge < -0.3 is 5.32 Å². The lowest BCUT2D eigenvalue weighted by Crippen LogP contribution is -2.38. The van der Waals surface area contributed by atoms with E-state index in [0.29, 0.717) is 0 Å². The number of aromatic nitrogens is 1. The molecule has 0 aliphatic rings. The molecule has 0 atom stereocenters. The largest absolute Gasteiger partial charge is 0.344 e. The summed E-state index contributed by atoms with van der Waals surface area (Å²) in [6, 6.07) is 31.6. The Kier molecular flexibility index (Phi) is 4.87. The monoisotopic (exact) mass is 420 g/mol. The molecule has 0 radical (unpaired) electrons. The molecule has 2 nitrogen and oxygen atoms in total. The van der Waals surface area contributed by atoms with Crippen LogP contribution in [0, 0.1) is 0 Å². The molecule has 0 bridgehead atoms. The molecule has 0 amide bonds. The Hall–Kier alpha value is -2.43. The van der Waals surface area contributed by atoms with Gasteiger partial charge in [0.1, 0.15) is 10.1 Å². The van der Waals surface area contributed by atoms with E-state index in [1.54, 1.807) is 11.3 Å². The summed E-state index contributed by atoms with van der Waals surface area (Å²) in [5.74, 6) is 0. The fraction of sp³-hybridized carbons (Fsp3) is 0.0455. The van der Waals surface area contributed by atoms with Crippen LogP contribution in [0.2, 0.25) is 0 Å². The summed E-state index contributed by atoms with van der Waals surface area (Å²) in [6.07, 6.45) is 0. The van der Waals surface area contributed by atoms with Crippen molar-refractivity contribution in [1.82, 2.24) is 4.98 Å². The van der Waals surface area contributed by atoms with Crippen molar-refractivity contribution in [1.29, 1.82) is 0 Å². The standard InChI is InChI=1S/C22H17BrN2S/c23-20-16-26-21(24-20)25-22(17-10-4-1-5-11-17,18-12-6-2-7-13-18)19-14-8-3-9-15-19/h1-16H,(H,24,25). The van der Waals surface area contributed by atoms with Gasteiger partial charge in [0.25, 0.3) is 0 Å². The number of nitrogens with zero attached hydrogens (tertiary/aromatic N) is 1. The van der Waals surface area contributed by atoms with Gasteiger partial charge in [-0.1, -0.05) is 91.0 Å². The van der Waals surface area contributed by atoms with E-state index >= 15 is 0 Å². The maximum atomic E-state index is 4.60. The number of halogens is 1. The molecule has 4 aromatic rings. The second kappa shape index (κ2) is 7.44. The molecular formula is C22H17BrN2S. The zero-order chi connectivity index (χ0) is 17.8. The van der Waals surface area contributed by atoms with Crippen molar-refractivity contribution in [3.05, 3.63) is 118 Å². The molecule has 0 fully saturated rings. The molecule has 4 rings (SSSR count). The van der Waals surface area contributed by atoms with Crippen LogP contribution in [-0.2, 0) is 5.54 Å². The first-order valence-corrected chi connectivity index (χ1v) is 10.0. The van der Waals surface area contributed by atoms with Gasteiger partial charge in [-0.25, -0.2) is 4.98 Å². The van der Waals surface area contributed by atoms with E-state index in [0.717, 1.165) is 9.73 Å². The third-order valence-electron chi connectivity index (χ3n) is 4.39. The third-order valence-corrected chi connectivity index (χ3v) is 5.86. The number of anilines is 1. The first kappa shape index (κ1) is 17.0. The van der Waals surface area contributed by atoms with Crippen molar-refractivity contribution in [2.45, 2.75) is 5.54 Å². The van der Waals surface area contributed by atoms with Crippen LogP contribution >= 0.6 is 27.3 Å². The summed E-state index contributed by atoms with van der Waals surface area (Å²) in [5, 5.41) is 6.60. The number of thiazole rings is 1. The highest BCUT2D eigenvalue weighted by atomic mass is 79.9. The maximum Gasteiger partial charge on any atom is 0.184 e. The Labute approximate surface area is 165 Å². The second-order valence-corrected chi connectivity index (χ2v) is 7.62. The molecule has 0 aliphatic carbocycles. The minimum Gasteiger partial charge on any atom is -0.344 e. The second-order valence-electron chi connectivity index (χ2n) is 5.95. The highest BCUT2D eigenvalue weighted by Crippen LogP contribution is 2.40. The predicted octanol–water partition coefficient (Wildman–Crippen LogP) is 6.31. The van der Waals surface area contributed by atoms with E-state index in [1.807, 2.05) is 23.6 Å². The fourth-order valence-electron chi connectivity index (χ4n) is 3.25. The Bertz CT molecular complexity index is 872. The highest BCUT2D eigenvalue weighted by Gasteiger charge is 2.36. The fourth-order valence-corrected chi connectivity index (χ4v) is 4.45. The zero-order valence-electron chi connectivity index (χ0n) is 14.0. The summed E-state index contributed by atoms with van der Waals surface area (Å²) in [4.78, 5) is 4.60. The number of benzene rings is 3. The van der Waals surface area contributed by atoms with Gasteiger partial charge in [0.15, 0.2) is 5.13 Å². The van der Waals surface area contributed by atoms with Crippen molar-refractivity contribution < 1.29 is 0 Å². The molecule has 0 saturated carbocycles. The normalized spacial score (nSPS) is 11.3. The van der Waals surface area contributed by atoms with E-state index in [1.165, 1.54) is 16.7 Å². The molecule has 26 heavy (non-hydrogen) atoms. The molecule has 0 unspecified atom stereocenters. The van der Waals surface area contributed by atoms with E-state index in [4.69, 9.17) is 0 Å². The van der Waals surface area contributed by atoms with Crippen molar-refractivity contribution in [3.8, 4) is 0 Å². The van der Waals surface area contributed by atoms with Crippen LogP contribution < -0.4 is 5.32 Å². The SMILES string of the molecule is Brc1csc(NC(c2ccccc2)(c2ccccc2)c2ccccc2)n1. The molecule has 3 aromatic carbocycles. The van der Waals surface area contributed by atoms with Gasteiger partial charge in [0.2, 0.25) is 0 Å². The lowest BCUT2D eigenvalue weighted by molar-refractivity contribution is 0.710. The molecule has 4 heteroatoms. The topological polar surface area (TPSA) is 24.9 Å². The van der Waals surface area contributed by atoms with Crippen LogP contribution in [0.15, 0.2) is 101 Å². The molecule has 1 heterocycles. The van der Waals surface area contributed by atoms with E-state index in [-0.39, 0.29) is 0 Å². The summed E-state index contributed by atoms with van der Waals surface area (Å²) in [6.45, 7) is 0. The molecule has 0 spiro atoms. The number of rotatable bonds is 5. The minimum atomic E-state index is -0.527. The summed E-state index contributed by atoms with van der Waals surface area (Å²) in [7, 11) is 0. The van der Waals surface area contributed by atoms with Crippen molar-refractivity contribution in [2.24, 2.45) is 0 Å². The molecule has 1 aromatic heterocycles. The highest BCUT2D eigenvalue weighted by molar-refractivity contribution is 9.10. The maximum absolute atomic E-state index is 4.60. The van der Waals surface area contributed by atoms with Crippen molar-refractivity contribution in [2.75, 3.05) is 5.32 Å². The first-order valence-electron chi connectivity index (χ1n) is 8.35. The molecular weight excluding hydrogens is 404 g/mol. The van der Waals surface area contributed by atoms with Crippen LogP contribution in [0.25, 0.3) is 0 Å². The minimum absolute atomic E-state index is 0.527. The summed E-state index contributed by atoms with van der Waals surface area (Å²) < 4.78 is 0.841. The Morgan fingerprint density at radius 1 is 0.692 bits per heavy atom. The Morgan fingerprint density at radius 3 is 1.46 bits per heavy atom. The van der Waals surface area contributed by atoms with Crippen molar-refractivity contribution in [3.63, 3.8) is 0 Å². The quantitative estimate of drug-likeness (QED) is 0.382. The van der Waals surface area contributed by atoms with Gasteiger partial charge in [0.05, 0.1) is 0 Å². The number of hydrogen-bond donors (Lipinski definition) is 1. The molecule has 128 valence electrons. The lowest BCUT2D eigenvalue weighted by Gasteiger charge is -2.36. The van der Waals surface area contributed by atoms with Gasteiger partial charge in [-0.3, -0.25) is 0 Å². The van der Waals surface area contributed by atoms with Gasteiger partial charge in [-0.2, -0.15) is 0 Å². The first-order chi connectivity index (χ1) is 12.8. The van der Waals surface area contributed by atoms with E-state index in [2.05, 4.69) is 99.0 Å². The van der Waals surface area contributed by atoms with Crippen LogP contribution in [0.1, 0.15) is 16.7 Å². The van der Waals surface area contributed by atoms with Gasteiger partial charge in [-0.05, 0) is 32.6 Å². The average Bonchev–Trinajstić information content (AvgIpc) is 3.13. The predicted molar refractivity (Wildman–Crippen MR) is 113 cm³/mol. The van der Waals surface area contributed by atoms with Crippen molar-refractivity contribution >= 4 is 32.4 Å². The summed E-state index contributed by atoms with van der Waals surface area (Å²) in [5.41, 5.74) is 2.98. The van der Waals surface area contributed by atoms with Crippen LogP contribution in [0.5, 0.6) is 0 Å². The Balaban J connectivity index is 2.00. The lowest BCUT2D eigenvalue weighted by atomic mass is 9.77. The van der Waals surface area contributed by atoms with E-state index in [9.17, 15) is 0 Å². The molecule has 0 aliphatic heterocycles. The van der Waals surface area contributed by atoms with Crippen LogP contribution in [-0.4, -0.2) is 4.98 Å². The molecule has 1 N–H and O–H groups in total. The molecule has 0 saturated heterocycles. The van der Waals surface area contributed by atoms with E-state index < -0.39 is 5.54 Å².